The van der Waals surface area contributed by atoms with E-state index in [9.17, 15) is 0 Å². The summed E-state index contributed by atoms with van der Waals surface area (Å²) >= 11 is 5.96. The van der Waals surface area contributed by atoms with Crippen molar-refractivity contribution in [2.24, 2.45) is 10.9 Å². The van der Waals surface area contributed by atoms with Crippen LogP contribution in [0.5, 0.6) is 0 Å². The molecule has 0 radical (unpaired) electrons. The molecular formula is C13H23ClN2. The van der Waals surface area contributed by atoms with E-state index in [1.165, 1.54) is 24.8 Å². The van der Waals surface area contributed by atoms with Crippen molar-refractivity contribution < 1.29 is 0 Å². The van der Waals surface area contributed by atoms with Gasteiger partial charge in [-0.3, -0.25) is 0 Å². The molecule has 1 aliphatic rings. The highest BCUT2D eigenvalue weighted by atomic mass is 35.5. The Kier molecular flexibility index (Phi) is 5.50. The average Bonchev–Trinajstić information content (AvgIpc) is 2.20. The standard InChI is InChI=1S/C13H23ClN2/c1-5-6-7-12(16(3)4)11-9-15-13(14)8-10(11)2/h9-10,12H,5-8H2,1-4H3. The number of unbranched alkanes of at least 4 members (excludes halogenated alkanes) is 1. The van der Waals surface area contributed by atoms with Crippen molar-refractivity contribution in [2.75, 3.05) is 14.1 Å². The minimum absolute atomic E-state index is 0.517. The number of likely N-dealkylation sites (N-methyl/N-ethyl adjacent to an activating group) is 1. The molecule has 2 unspecified atom stereocenters. The lowest BCUT2D eigenvalue weighted by atomic mass is 9.88. The van der Waals surface area contributed by atoms with Crippen LogP contribution in [0.1, 0.15) is 39.5 Å². The Morgan fingerprint density at radius 2 is 2.25 bits per heavy atom. The summed E-state index contributed by atoms with van der Waals surface area (Å²) in [6, 6.07) is 0.517. The molecule has 2 atom stereocenters. The third kappa shape index (κ3) is 3.60. The third-order valence-electron chi connectivity index (χ3n) is 3.24. The van der Waals surface area contributed by atoms with Crippen molar-refractivity contribution in [1.29, 1.82) is 0 Å². The fourth-order valence-corrected chi connectivity index (χ4v) is 2.51. The van der Waals surface area contributed by atoms with Crippen molar-refractivity contribution in [3.05, 3.63) is 11.8 Å². The molecule has 1 rings (SSSR count). The Morgan fingerprint density at radius 1 is 1.56 bits per heavy atom. The molecule has 92 valence electrons. The second kappa shape index (κ2) is 6.41. The van der Waals surface area contributed by atoms with Gasteiger partial charge in [0.2, 0.25) is 0 Å². The summed E-state index contributed by atoms with van der Waals surface area (Å²) in [7, 11) is 4.29. The quantitative estimate of drug-likeness (QED) is 0.718. The van der Waals surface area contributed by atoms with E-state index >= 15 is 0 Å². The Balaban J connectivity index is 2.77. The van der Waals surface area contributed by atoms with E-state index in [2.05, 4.69) is 37.8 Å². The summed E-state index contributed by atoms with van der Waals surface area (Å²) in [5, 5.41) is 0.740. The minimum Gasteiger partial charge on any atom is -0.303 e. The monoisotopic (exact) mass is 242 g/mol. The molecule has 16 heavy (non-hydrogen) atoms. The average molecular weight is 243 g/mol. The van der Waals surface area contributed by atoms with E-state index in [0.717, 1.165) is 11.6 Å². The lowest BCUT2D eigenvalue weighted by Crippen LogP contribution is -2.33. The molecule has 0 aliphatic carbocycles. The molecule has 0 saturated carbocycles. The first-order chi connectivity index (χ1) is 7.56. The van der Waals surface area contributed by atoms with Crippen LogP contribution < -0.4 is 0 Å². The number of halogens is 1. The molecule has 0 fully saturated rings. The van der Waals surface area contributed by atoms with Crippen LogP contribution in [0, 0.1) is 5.92 Å². The largest absolute Gasteiger partial charge is 0.303 e. The smallest absolute Gasteiger partial charge is 0.106 e. The van der Waals surface area contributed by atoms with Crippen molar-refractivity contribution >= 4 is 16.8 Å². The van der Waals surface area contributed by atoms with Gasteiger partial charge in [-0.15, -0.1) is 0 Å². The maximum absolute atomic E-state index is 5.96. The molecule has 0 aromatic rings. The van der Waals surface area contributed by atoms with Gasteiger partial charge >= 0.3 is 0 Å². The highest BCUT2D eigenvalue weighted by Gasteiger charge is 2.24. The summed E-state index contributed by atoms with van der Waals surface area (Å²) in [4.78, 5) is 6.56. The molecular weight excluding hydrogens is 220 g/mol. The van der Waals surface area contributed by atoms with E-state index in [4.69, 9.17) is 11.6 Å². The van der Waals surface area contributed by atoms with Gasteiger partial charge in [0.25, 0.3) is 0 Å². The number of nitrogens with zero attached hydrogens (tertiary/aromatic N) is 2. The predicted molar refractivity (Wildman–Crippen MR) is 72.2 cm³/mol. The van der Waals surface area contributed by atoms with E-state index in [0.29, 0.717) is 12.0 Å². The molecule has 0 spiro atoms. The van der Waals surface area contributed by atoms with Gasteiger partial charge in [0.15, 0.2) is 0 Å². The summed E-state index contributed by atoms with van der Waals surface area (Å²) in [6.45, 7) is 4.48. The Hall–Kier alpha value is -0.340. The summed E-state index contributed by atoms with van der Waals surface area (Å²) in [6.07, 6.45) is 6.61. The maximum atomic E-state index is 5.96. The zero-order valence-electron chi connectivity index (χ0n) is 10.8. The second-order valence-electron chi connectivity index (χ2n) is 4.86. The van der Waals surface area contributed by atoms with Crippen LogP contribution in [0.25, 0.3) is 0 Å². The van der Waals surface area contributed by atoms with Crippen LogP contribution >= 0.6 is 11.6 Å². The number of hydrogen-bond acceptors (Lipinski definition) is 2. The zero-order chi connectivity index (χ0) is 12.1. The highest BCUT2D eigenvalue weighted by Crippen LogP contribution is 2.28. The summed E-state index contributed by atoms with van der Waals surface area (Å²) < 4.78 is 0. The van der Waals surface area contributed by atoms with Gasteiger partial charge in [-0.2, -0.15) is 0 Å². The normalized spacial score (nSPS) is 23.0. The van der Waals surface area contributed by atoms with Crippen molar-refractivity contribution in [2.45, 2.75) is 45.6 Å². The van der Waals surface area contributed by atoms with E-state index in [1.807, 2.05) is 6.20 Å². The Bertz CT molecular complexity index is 282. The van der Waals surface area contributed by atoms with Crippen molar-refractivity contribution in [3.63, 3.8) is 0 Å². The Labute approximate surface area is 104 Å². The SMILES string of the molecule is CCCCC(C1=CN=C(Cl)CC1C)N(C)C. The molecule has 0 aromatic heterocycles. The first kappa shape index (κ1) is 13.7. The molecule has 0 amide bonds. The molecule has 1 aliphatic heterocycles. The molecule has 2 nitrogen and oxygen atoms in total. The molecule has 1 heterocycles. The molecule has 0 aromatic carbocycles. The van der Waals surface area contributed by atoms with Crippen LogP contribution in [0.4, 0.5) is 0 Å². The van der Waals surface area contributed by atoms with Gasteiger partial charge in [0.05, 0.1) is 0 Å². The fourth-order valence-electron chi connectivity index (χ4n) is 2.23. The Morgan fingerprint density at radius 3 is 2.75 bits per heavy atom. The van der Waals surface area contributed by atoms with Crippen LogP contribution in [0.2, 0.25) is 0 Å². The van der Waals surface area contributed by atoms with Gasteiger partial charge < -0.3 is 4.90 Å². The van der Waals surface area contributed by atoms with Crippen LogP contribution in [-0.2, 0) is 0 Å². The first-order valence-electron chi connectivity index (χ1n) is 6.14. The van der Waals surface area contributed by atoms with Gasteiger partial charge in [-0.25, -0.2) is 4.99 Å². The van der Waals surface area contributed by atoms with Crippen molar-refractivity contribution in [3.8, 4) is 0 Å². The maximum Gasteiger partial charge on any atom is 0.106 e. The van der Waals surface area contributed by atoms with Gasteiger partial charge in [0, 0.05) is 18.7 Å². The topological polar surface area (TPSA) is 15.6 Å². The predicted octanol–water partition coefficient (Wildman–Crippen LogP) is 3.67. The van der Waals surface area contributed by atoms with E-state index < -0.39 is 0 Å². The molecule has 0 N–H and O–H groups in total. The van der Waals surface area contributed by atoms with Crippen LogP contribution in [0.15, 0.2) is 16.8 Å². The summed E-state index contributed by atoms with van der Waals surface area (Å²) in [5.41, 5.74) is 1.43. The van der Waals surface area contributed by atoms with Gasteiger partial charge in [-0.1, -0.05) is 38.3 Å². The molecule has 0 bridgehead atoms. The molecule has 0 saturated heterocycles. The first-order valence-corrected chi connectivity index (χ1v) is 6.52. The lowest BCUT2D eigenvalue weighted by Gasteiger charge is -2.31. The van der Waals surface area contributed by atoms with Gasteiger partial charge in [-0.05, 0) is 32.0 Å². The second-order valence-corrected chi connectivity index (χ2v) is 5.30. The van der Waals surface area contributed by atoms with Gasteiger partial charge in [0.1, 0.15) is 5.17 Å². The number of aliphatic imine (C=N–C) groups is 1. The van der Waals surface area contributed by atoms with E-state index in [1.54, 1.807) is 0 Å². The van der Waals surface area contributed by atoms with Crippen LogP contribution in [-0.4, -0.2) is 30.2 Å². The molecule has 3 heteroatoms. The van der Waals surface area contributed by atoms with Crippen molar-refractivity contribution in [1.82, 2.24) is 4.90 Å². The highest BCUT2D eigenvalue weighted by molar-refractivity contribution is 6.65. The minimum atomic E-state index is 0.517. The number of hydrogen-bond donors (Lipinski definition) is 0. The van der Waals surface area contributed by atoms with Crippen LogP contribution in [0.3, 0.4) is 0 Å². The zero-order valence-corrected chi connectivity index (χ0v) is 11.6. The third-order valence-corrected chi connectivity index (χ3v) is 3.49. The lowest BCUT2D eigenvalue weighted by molar-refractivity contribution is 0.292. The fraction of sp³-hybridized carbons (Fsp3) is 0.769. The van der Waals surface area contributed by atoms with E-state index in [-0.39, 0.29) is 0 Å². The number of rotatable bonds is 5. The summed E-state index contributed by atoms with van der Waals surface area (Å²) in [5.74, 6) is 0.522.